The average molecular weight is 578 g/mol. The molecule has 1 atom stereocenters. The van der Waals surface area contributed by atoms with Crippen molar-refractivity contribution in [2.24, 2.45) is 0 Å². The molecule has 0 aliphatic carbocycles. The molecule has 5 aromatic rings. The van der Waals surface area contributed by atoms with Crippen LogP contribution in [0.3, 0.4) is 0 Å². The molecule has 0 radical (unpaired) electrons. The summed E-state index contributed by atoms with van der Waals surface area (Å²) in [7, 11) is 0. The number of thioether (sulfide) groups is 1. The van der Waals surface area contributed by atoms with Crippen LogP contribution in [0, 0.1) is 0 Å². The summed E-state index contributed by atoms with van der Waals surface area (Å²) in [4.78, 5) is 28.3. The van der Waals surface area contributed by atoms with Gasteiger partial charge in [0, 0.05) is 11.3 Å². The van der Waals surface area contributed by atoms with Crippen molar-refractivity contribution >= 4 is 45.7 Å². The van der Waals surface area contributed by atoms with E-state index in [-0.39, 0.29) is 16.5 Å². The monoisotopic (exact) mass is 577 g/mol. The summed E-state index contributed by atoms with van der Waals surface area (Å²) in [5.74, 6) is 0.0264. The first-order valence-electron chi connectivity index (χ1n) is 12.8. The van der Waals surface area contributed by atoms with Crippen LogP contribution in [0.1, 0.15) is 22.7 Å². The highest BCUT2D eigenvalue weighted by Crippen LogP contribution is 2.44. The second-order valence-electron chi connectivity index (χ2n) is 9.15. The second-order valence-corrected chi connectivity index (χ2v) is 11.3. The van der Waals surface area contributed by atoms with Crippen LogP contribution >= 0.6 is 23.1 Å². The Morgan fingerprint density at radius 3 is 2.22 bits per heavy atom. The van der Waals surface area contributed by atoms with E-state index >= 15 is 0 Å². The van der Waals surface area contributed by atoms with E-state index in [9.17, 15) is 14.7 Å². The smallest absolute Gasteiger partial charge is 0.301 e. The molecule has 202 valence electrons. The van der Waals surface area contributed by atoms with Gasteiger partial charge in [-0.05, 0) is 35.4 Å². The number of hydrogen-bond acceptors (Lipinski definition) is 8. The van der Waals surface area contributed by atoms with Crippen LogP contribution in [0.2, 0.25) is 0 Å². The van der Waals surface area contributed by atoms with E-state index in [4.69, 9.17) is 4.74 Å². The third-order valence-electron chi connectivity index (χ3n) is 6.45. The van der Waals surface area contributed by atoms with Crippen molar-refractivity contribution in [3.8, 4) is 11.5 Å². The number of aliphatic hydroxyl groups is 1. The molecule has 1 N–H and O–H groups in total. The molecule has 1 aromatic heterocycles. The fourth-order valence-electron chi connectivity index (χ4n) is 4.55. The van der Waals surface area contributed by atoms with Crippen molar-refractivity contribution in [1.29, 1.82) is 0 Å². The van der Waals surface area contributed by atoms with Crippen LogP contribution in [-0.2, 0) is 15.3 Å². The Kier molecular flexibility index (Phi) is 7.62. The first-order chi connectivity index (χ1) is 20.1. The molecule has 1 unspecified atom stereocenters. The van der Waals surface area contributed by atoms with Crippen molar-refractivity contribution in [2.75, 3.05) is 4.90 Å². The van der Waals surface area contributed by atoms with Gasteiger partial charge in [0.1, 0.15) is 17.3 Å². The highest BCUT2D eigenvalue weighted by Gasteiger charge is 2.48. The third kappa shape index (κ3) is 5.63. The number of ketones is 1. The van der Waals surface area contributed by atoms with Gasteiger partial charge in [-0.3, -0.25) is 14.5 Å². The number of anilines is 1. The molecular weight excluding hydrogens is 555 g/mol. The lowest BCUT2D eigenvalue weighted by atomic mass is 9.95. The van der Waals surface area contributed by atoms with Gasteiger partial charge in [-0.15, -0.1) is 10.2 Å². The van der Waals surface area contributed by atoms with Crippen LogP contribution in [0.4, 0.5) is 5.13 Å². The van der Waals surface area contributed by atoms with Crippen molar-refractivity contribution in [3.63, 3.8) is 0 Å². The number of carbonyl (C=O) groups is 2. The quantitative estimate of drug-likeness (QED) is 0.0683. The van der Waals surface area contributed by atoms with Gasteiger partial charge in [0.15, 0.2) is 4.34 Å². The molecule has 1 saturated heterocycles. The molecule has 0 bridgehead atoms. The number of ether oxygens (including phenoxy) is 1. The Labute approximate surface area is 244 Å². The summed E-state index contributed by atoms with van der Waals surface area (Å²) >= 11 is 2.73. The maximum absolute atomic E-state index is 13.5. The molecule has 1 aliphatic rings. The standard InChI is InChI=1S/C32H23N3O4S2/c36-28(22-13-6-2-7-14-22)26-27(23-15-10-18-25(19-23)39-24-16-8-3-9-17-24)35(30(38)29(26)37)31-33-34-32(41-31)40-20-21-11-4-1-5-12-21/h1-19,27,36H,20H2/b28-26-. The Morgan fingerprint density at radius 1 is 0.829 bits per heavy atom. The van der Waals surface area contributed by atoms with Gasteiger partial charge in [0.25, 0.3) is 5.78 Å². The lowest BCUT2D eigenvalue weighted by Crippen LogP contribution is -2.29. The van der Waals surface area contributed by atoms with Gasteiger partial charge < -0.3 is 9.84 Å². The number of carbonyl (C=O) groups excluding carboxylic acids is 2. The summed E-state index contributed by atoms with van der Waals surface area (Å²) in [6.07, 6.45) is 0. The van der Waals surface area contributed by atoms with Crippen LogP contribution in [-0.4, -0.2) is 27.0 Å². The summed E-state index contributed by atoms with van der Waals surface area (Å²) in [5, 5.41) is 20.2. The molecule has 7 nitrogen and oxygen atoms in total. The summed E-state index contributed by atoms with van der Waals surface area (Å²) in [6, 6.07) is 34.2. The number of benzene rings is 4. The number of hydrogen-bond donors (Lipinski definition) is 1. The summed E-state index contributed by atoms with van der Waals surface area (Å²) in [6.45, 7) is 0. The minimum Gasteiger partial charge on any atom is -0.507 e. The maximum Gasteiger partial charge on any atom is 0.301 e. The number of aliphatic hydroxyl groups excluding tert-OH is 1. The Bertz CT molecular complexity index is 1720. The number of amides is 1. The maximum atomic E-state index is 13.5. The Morgan fingerprint density at radius 2 is 1.49 bits per heavy atom. The highest BCUT2D eigenvalue weighted by molar-refractivity contribution is 8.00. The molecule has 1 aliphatic heterocycles. The average Bonchev–Trinajstić information content (AvgIpc) is 3.59. The zero-order valence-electron chi connectivity index (χ0n) is 21.6. The van der Waals surface area contributed by atoms with Gasteiger partial charge in [-0.25, -0.2) is 0 Å². The number of aromatic nitrogens is 2. The zero-order valence-corrected chi connectivity index (χ0v) is 23.2. The van der Waals surface area contributed by atoms with Crippen molar-refractivity contribution in [3.05, 3.63) is 138 Å². The molecule has 1 fully saturated rings. The molecule has 6 rings (SSSR count). The number of Topliss-reactive ketones (excluding diaryl/α,β-unsaturated/α-hetero) is 1. The van der Waals surface area contributed by atoms with Crippen molar-refractivity contribution in [1.82, 2.24) is 10.2 Å². The van der Waals surface area contributed by atoms with Crippen LogP contribution < -0.4 is 9.64 Å². The number of para-hydroxylation sites is 1. The summed E-state index contributed by atoms with van der Waals surface area (Å²) in [5.41, 5.74) is 2.13. The molecule has 0 saturated carbocycles. The molecule has 1 amide bonds. The van der Waals surface area contributed by atoms with Crippen LogP contribution in [0.15, 0.2) is 125 Å². The van der Waals surface area contributed by atoms with Gasteiger partial charge >= 0.3 is 5.91 Å². The molecule has 2 heterocycles. The van der Waals surface area contributed by atoms with Crippen molar-refractivity contribution < 1.29 is 19.4 Å². The molecule has 41 heavy (non-hydrogen) atoms. The largest absolute Gasteiger partial charge is 0.507 e. The number of rotatable bonds is 8. The normalized spacial score (nSPS) is 16.2. The minimum absolute atomic E-state index is 0.0215. The topological polar surface area (TPSA) is 92.6 Å². The van der Waals surface area contributed by atoms with Crippen LogP contribution in [0.5, 0.6) is 11.5 Å². The number of nitrogens with zero attached hydrogens (tertiary/aromatic N) is 3. The van der Waals surface area contributed by atoms with Gasteiger partial charge in [0.2, 0.25) is 5.13 Å². The van der Waals surface area contributed by atoms with E-state index in [1.54, 1.807) is 48.5 Å². The summed E-state index contributed by atoms with van der Waals surface area (Å²) < 4.78 is 6.70. The molecule has 0 spiro atoms. The lowest BCUT2D eigenvalue weighted by molar-refractivity contribution is -0.132. The Balaban J connectivity index is 1.40. The highest BCUT2D eigenvalue weighted by atomic mass is 32.2. The van der Waals surface area contributed by atoms with E-state index in [0.29, 0.717) is 32.7 Å². The van der Waals surface area contributed by atoms with Gasteiger partial charge in [-0.1, -0.05) is 114 Å². The SMILES string of the molecule is O=C1C(=O)N(c2nnc(SCc3ccccc3)s2)C(c2cccc(Oc3ccccc3)c2)/C1=C(/O)c1ccccc1. The lowest BCUT2D eigenvalue weighted by Gasteiger charge is -2.23. The molecular formula is C32H23N3O4S2. The van der Waals surface area contributed by atoms with E-state index in [0.717, 1.165) is 5.56 Å². The van der Waals surface area contributed by atoms with Crippen LogP contribution in [0.25, 0.3) is 5.76 Å². The predicted molar refractivity (Wildman–Crippen MR) is 160 cm³/mol. The van der Waals surface area contributed by atoms with Crippen molar-refractivity contribution in [2.45, 2.75) is 16.1 Å². The molecule has 4 aromatic carbocycles. The predicted octanol–water partition coefficient (Wildman–Crippen LogP) is 7.25. The fraction of sp³-hybridized carbons (Fsp3) is 0.0625. The minimum atomic E-state index is -0.936. The first kappa shape index (κ1) is 26.5. The van der Waals surface area contributed by atoms with Gasteiger partial charge in [-0.2, -0.15) is 0 Å². The van der Waals surface area contributed by atoms with Gasteiger partial charge in [0.05, 0.1) is 11.6 Å². The second kappa shape index (κ2) is 11.8. The Hall–Kier alpha value is -4.73. The zero-order chi connectivity index (χ0) is 28.2. The third-order valence-corrected chi connectivity index (χ3v) is 8.58. The first-order valence-corrected chi connectivity index (χ1v) is 14.6. The fourth-order valence-corrected chi connectivity index (χ4v) is 6.37. The van der Waals surface area contributed by atoms with E-state index in [2.05, 4.69) is 10.2 Å². The van der Waals surface area contributed by atoms with E-state index in [1.165, 1.54) is 28.0 Å². The molecule has 9 heteroatoms. The van der Waals surface area contributed by atoms with E-state index < -0.39 is 17.7 Å². The van der Waals surface area contributed by atoms with E-state index in [1.807, 2.05) is 66.7 Å².